The van der Waals surface area contributed by atoms with Crippen molar-refractivity contribution in [3.8, 4) is 11.3 Å². The second-order valence-electron chi connectivity index (χ2n) is 5.73. The van der Waals surface area contributed by atoms with Crippen LogP contribution in [0.5, 0.6) is 0 Å². The van der Waals surface area contributed by atoms with Gasteiger partial charge in [-0.05, 0) is 51.0 Å². The van der Waals surface area contributed by atoms with Gasteiger partial charge in [-0.2, -0.15) is 5.10 Å². The topological polar surface area (TPSA) is 58.1 Å². The molecule has 1 aromatic heterocycles. The molecule has 1 atom stereocenters. The number of nitrogens with one attached hydrogen (secondary N) is 1. The number of aromatic nitrogens is 2. The van der Waals surface area contributed by atoms with Crippen molar-refractivity contribution in [2.24, 2.45) is 0 Å². The zero-order valence-corrected chi connectivity index (χ0v) is 12.6. The van der Waals surface area contributed by atoms with Gasteiger partial charge in [-0.3, -0.25) is 5.10 Å². The maximum Gasteiger partial charge on any atom is 0.123 e. The van der Waals surface area contributed by atoms with Gasteiger partial charge in [-0.1, -0.05) is 0 Å². The first-order chi connectivity index (χ1) is 9.93. The summed E-state index contributed by atoms with van der Waals surface area (Å²) in [6.45, 7) is 3.96. The summed E-state index contributed by atoms with van der Waals surface area (Å²) in [4.78, 5) is 0. The molecule has 4 nitrogen and oxygen atoms in total. The van der Waals surface area contributed by atoms with Gasteiger partial charge >= 0.3 is 0 Å². The number of H-pyrrole nitrogens is 1. The van der Waals surface area contributed by atoms with Crippen molar-refractivity contribution >= 4 is 0 Å². The Kier molecular flexibility index (Phi) is 4.75. The largest absolute Gasteiger partial charge is 0.388 e. The molecule has 1 unspecified atom stereocenters. The van der Waals surface area contributed by atoms with Gasteiger partial charge < -0.3 is 9.84 Å². The molecule has 0 radical (unpaired) electrons. The molecule has 2 N–H and O–H groups in total. The van der Waals surface area contributed by atoms with Crippen molar-refractivity contribution in [1.29, 1.82) is 0 Å². The fourth-order valence-electron chi connectivity index (χ4n) is 2.14. The minimum absolute atomic E-state index is 0.277. The summed E-state index contributed by atoms with van der Waals surface area (Å²) in [6, 6.07) is 6.11. The van der Waals surface area contributed by atoms with E-state index in [9.17, 15) is 9.50 Å². The third-order valence-electron chi connectivity index (χ3n) is 3.73. The number of aliphatic hydroxyl groups is 1. The number of aromatic amines is 1. The first-order valence-corrected chi connectivity index (χ1v) is 6.95. The molecule has 1 aromatic carbocycles. The monoisotopic (exact) mass is 292 g/mol. The van der Waals surface area contributed by atoms with E-state index in [0.29, 0.717) is 12.0 Å². The highest BCUT2D eigenvalue weighted by atomic mass is 19.1. The van der Waals surface area contributed by atoms with Gasteiger partial charge in [-0.15, -0.1) is 0 Å². The maximum atomic E-state index is 13.0. The van der Waals surface area contributed by atoms with Gasteiger partial charge in [0.2, 0.25) is 0 Å². The second kappa shape index (κ2) is 6.37. The van der Waals surface area contributed by atoms with Crippen LogP contribution >= 0.6 is 0 Å². The van der Waals surface area contributed by atoms with E-state index < -0.39 is 6.10 Å². The van der Waals surface area contributed by atoms with Gasteiger partial charge in [0.15, 0.2) is 0 Å². The van der Waals surface area contributed by atoms with Crippen LogP contribution < -0.4 is 0 Å². The number of rotatable bonds is 6. The number of aliphatic hydroxyl groups excluding tert-OH is 1. The van der Waals surface area contributed by atoms with E-state index in [0.717, 1.165) is 17.7 Å². The highest BCUT2D eigenvalue weighted by Crippen LogP contribution is 2.30. The van der Waals surface area contributed by atoms with E-state index >= 15 is 0 Å². The molecule has 0 aliphatic rings. The Morgan fingerprint density at radius 2 is 2.00 bits per heavy atom. The summed E-state index contributed by atoms with van der Waals surface area (Å²) >= 11 is 0. The summed E-state index contributed by atoms with van der Waals surface area (Å²) in [5.74, 6) is -0.290. The number of hydrogen-bond donors (Lipinski definition) is 2. The average molecular weight is 292 g/mol. The molecule has 0 spiro atoms. The molecule has 21 heavy (non-hydrogen) atoms. The van der Waals surface area contributed by atoms with Crippen LogP contribution in [0.15, 0.2) is 30.5 Å². The minimum Gasteiger partial charge on any atom is -0.388 e. The van der Waals surface area contributed by atoms with Crippen LogP contribution in [0.1, 0.15) is 38.4 Å². The number of halogens is 1. The van der Waals surface area contributed by atoms with Crippen molar-refractivity contribution in [2.75, 3.05) is 7.11 Å². The average Bonchev–Trinajstić information content (AvgIpc) is 2.95. The predicted molar refractivity (Wildman–Crippen MR) is 79.3 cm³/mol. The number of ether oxygens (including phenoxy) is 1. The van der Waals surface area contributed by atoms with E-state index in [1.165, 1.54) is 12.1 Å². The Morgan fingerprint density at radius 3 is 2.62 bits per heavy atom. The fraction of sp³-hybridized carbons (Fsp3) is 0.438. The van der Waals surface area contributed by atoms with Crippen molar-refractivity contribution in [2.45, 2.75) is 38.4 Å². The van der Waals surface area contributed by atoms with E-state index in [1.54, 1.807) is 25.4 Å². The molecule has 0 fully saturated rings. The lowest BCUT2D eigenvalue weighted by molar-refractivity contribution is 0.00283. The van der Waals surface area contributed by atoms with E-state index in [4.69, 9.17) is 4.74 Å². The number of hydrogen-bond acceptors (Lipinski definition) is 3. The molecule has 0 amide bonds. The van der Waals surface area contributed by atoms with Crippen LogP contribution in [0.25, 0.3) is 11.3 Å². The summed E-state index contributed by atoms with van der Waals surface area (Å²) in [6.07, 6.45) is 2.26. The summed E-state index contributed by atoms with van der Waals surface area (Å²) in [5, 5.41) is 17.2. The summed E-state index contributed by atoms with van der Waals surface area (Å²) < 4.78 is 18.3. The standard InChI is InChI=1S/C16H21FN2O2/c1-16(2,21-3)9-8-14(20)13-10-18-19-15(13)11-4-6-12(17)7-5-11/h4-7,10,14,20H,8-9H2,1-3H3,(H,18,19). The summed E-state index contributed by atoms with van der Waals surface area (Å²) in [7, 11) is 1.66. The fourth-order valence-corrected chi connectivity index (χ4v) is 2.14. The van der Waals surface area contributed by atoms with Crippen molar-refractivity contribution in [1.82, 2.24) is 10.2 Å². The Bertz CT molecular complexity index is 578. The highest BCUT2D eigenvalue weighted by molar-refractivity contribution is 5.62. The molecule has 1 heterocycles. The molecule has 0 saturated carbocycles. The van der Waals surface area contributed by atoms with E-state index in [-0.39, 0.29) is 11.4 Å². The zero-order valence-electron chi connectivity index (χ0n) is 12.6. The van der Waals surface area contributed by atoms with Crippen molar-refractivity contribution in [3.63, 3.8) is 0 Å². The SMILES string of the molecule is COC(C)(C)CCC(O)c1cn[nH]c1-c1ccc(F)cc1. The third-order valence-corrected chi connectivity index (χ3v) is 3.73. The summed E-state index contributed by atoms with van der Waals surface area (Å²) in [5.41, 5.74) is 1.96. The van der Waals surface area contributed by atoms with Crippen molar-refractivity contribution < 1.29 is 14.2 Å². The lowest BCUT2D eigenvalue weighted by atomic mass is 9.95. The smallest absolute Gasteiger partial charge is 0.123 e. The number of nitrogens with zero attached hydrogens (tertiary/aromatic N) is 1. The van der Waals surface area contributed by atoms with Crippen LogP contribution in [0.4, 0.5) is 4.39 Å². The van der Waals surface area contributed by atoms with Crippen molar-refractivity contribution in [3.05, 3.63) is 41.8 Å². The molecule has 5 heteroatoms. The number of benzene rings is 1. The van der Waals surface area contributed by atoms with Crippen LogP contribution in [0, 0.1) is 5.82 Å². The molecule has 2 aromatic rings. The molecule has 0 saturated heterocycles. The Hall–Kier alpha value is -1.72. The Balaban J connectivity index is 2.14. The van der Waals surface area contributed by atoms with Gasteiger partial charge in [0.1, 0.15) is 5.82 Å². The first-order valence-electron chi connectivity index (χ1n) is 6.95. The highest BCUT2D eigenvalue weighted by Gasteiger charge is 2.21. The van der Waals surface area contributed by atoms with Crippen LogP contribution in [-0.2, 0) is 4.74 Å². The quantitative estimate of drug-likeness (QED) is 0.857. The Labute approximate surface area is 124 Å². The van der Waals surface area contributed by atoms with E-state index in [1.807, 2.05) is 13.8 Å². The maximum absolute atomic E-state index is 13.0. The molecular weight excluding hydrogens is 271 g/mol. The lowest BCUT2D eigenvalue weighted by Gasteiger charge is -2.24. The molecular formula is C16H21FN2O2. The lowest BCUT2D eigenvalue weighted by Crippen LogP contribution is -2.23. The second-order valence-corrected chi connectivity index (χ2v) is 5.73. The predicted octanol–water partition coefficient (Wildman–Crippen LogP) is 3.45. The first kappa shape index (κ1) is 15.7. The minimum atomic E-state index is -0.641. The number of methoxy groups -OCH3 is 1. The third kappa shape index (κ3) is 3.89. The molecule has 0 aliphatic carbocycles. The van der Waals surface area contributed by atoms with Gasteiger partial charge in [-0.25, -0.2) is 4.39 Å². The van der Waals surface area contributed by atoms with Gasteiger partial charge in [0.25, 0.3) is 0 Å². The van der Waals surface area contributed by atoms with Crippen LogP contribution in [0.3, 0.4) is 0 Å². The molecule has 2 rings (SSSR count). The van der Waals surface area contributed by atoms with Crippen LogP contribution in [-0.4, -0.2) is 28.0 Å². The zero-order chi connectivity index (χ0) is 15.5. The molecule has 0 aliphatic heterocycles. The van der Waals surface area contributed by atoms with E-state index in [2.05, 4.69) is 10.2 Å². The Morgan fingerprint density at radius 1 is 1.33 bits per heavy atom. The molecule has 114 valence electrons. The molecule has 0 bridgehead atoms. The van der Waals surface area contributed by atoms with Gasteiger partial charge in [0.05, 0.1) is 23.6 Å². The van der Waals surface area contributed by atoms with Crippen LogP contribution in [0.2, 0.25) is 0 Å². The normalized spacial score (nSPS) is 13.4. The van der Waals surface area contributed by atoms with Gasteiger partial charge in [0, 0.05) is 18.2 Å².